The molecule has 0 radical (unpaired) electrons. The van der Waals surface area contributed by atoms with Crippen LogP contribution in [0.15, 0.2) is 0 Å². The molecular weight excluding hydrogens is 172 g/mol. The second kappa shape index (κ2) is 3.71. The maximum atomic E-state index is 5.06. The van der Waals surface area contributed by atoms with Gasteiger partial charge in [-0.2, -0.15) is 0 Å². The van der Waals surface area contributed by atoms with Gasteiger partial charge in [-0.25, -0.2) is 0 Å². The Hall–Kier alpha value is 0.748. The van der Waals surface area contributed by atoms with Gasteiger partial charge in [-0.15, -0.1) is 0 Å². The highest BCUT2D eigenvalue weighted by Crippen LogP contribution is 2.02. The SMILES string of the molecule is [SiH3]OC([SiH3])(O[SiH3])O[SiH3]. The summed E-state index contributed by atoms with van der Waals surface area (Å²) in [6, 6.07) is 0. The van der Waals surface area contributed by atoms with Crippen molar-refractivity contribution >= 4 is 41.7 Å². The molecule has 0 heterocycles. The fourth-order valence-corrected chi connectivity index (χ4v) is 2.25. The normalized spacial score (nSPS) is 19.5. The first-order valence-corrected chi connectivity index (χ1v) is 5.79. The first kappa shape index (κ1) is 8.75. The van der Waals surface area contributed by atoms with Gasteiger partial charge < -0.3 is 13.3 Å². The molecule has 0 atom stereocenters. The molecule has 0 bridgehead atoms. The zero-order valence-electron chi connectivity index (χ0n) is 5.72. The summed E-state index contributed by atoms with van der Waals surface area (Å²) in [4.78, 5) is 0. The van der Waals surface area contributed by atoms with Crippen molar-refractivity contribution in [1.82, 2.24) is 0 Å². The Kier molecular flexibility index (Phi) is 4.06. The Morgan fingerprint density at radius 1 is 0.875 bits per heavy atom. The van der Waals surface area contributed by atoms with Crippen molar-refractivity contribution in [2.45, 2.75) is 5.60 Å². The molecule has 0 amide bonds. The van der Waals surface area contributed by atoms with E-state index in [0.717, 1.165) is 10.2 Å². The van der Waals surface area contributed by atoms with E-state index >= 15 is 0 Å². The third kappa shape index (κ3) is 2.35. The van der Waals surface area contributed by atoms with Crippen molar-refractivity contribution in [2.24, 2.45) is 0 Å². The van der Waals surface area contributed by atoms with Gasteiger partial charge in [0.25, 0.3) is 0 Å². The maximum absolute atomic E-state index is 5.06. The molecule has 0 fully saturated rings. The Morgan fingerprint density at radius 2 is 1.12 bits per heavy atom. The highest BCUT2D eigenvalue weighted by Gasteiger charge is 2.17. The monoisotopic (exact) mass is 184 g/mol. The van der Waals surface area contributed by atoms with Crippen LogP contribution in [-0.2, 0) is 13.3 Å². The molecule has 0 rings (SSSR count). The number of hydrogen-bond donors (Lipinski definition) is 0. The first-order valence-electron chi connectivity index (χ1n) is 2.34. The molecule has 0 aliphatic carbocycles. The molecule has 0 aromatic carbocycles. The molecule has 8 heavy (non-hydrogen) atoms. The van der Waals surface area contributed by atoms with Crippen LogP contribution < -0.4 is 0 Å². The van der Waals surface area contributed by atoms with Gasteiger partial charge in [-0.05, 0) is 0 Å². The van der Waals surface area contributed by atoms with Crippen molar-refractivity contribution in [1.29, 1.82) is 0 Å². The molecular formula is CH12O3Si4. The Morgan fingerprint density at radius 3 is 1.12 bits per heavy atom. The van der Waals surface area contributed by atoms with Crippen molar-refractivity contribution in [3.63, 3.8) is 0 Å². The Bertz CT molecular complexity index is 54.0. The molecule has 0 aromatic heterocycles. The summed E-state index contributed by atoms with van der Waals surface area (Å²) in [7, 11) is 2.89. The third-order valence-corrected chi connectivity index (χ3v) is 7.01. The van der Waals surface area contributed by atoms with E-state index in [2.05, 4.69) is 0 Å². The second-order valence-corrected chi connectivity index (χ2v) is 3.92. The van der Waals surface area contributed by atoms with Crippen LogP contribution in [0.1, 0.15) is 0 Å². The average molecular weight is 184 g/mol. The quantitative estimate of drug-likeness (QED) is 0.324. The standard InChI is InChI=1S/CH12O3Si4/c5-1(2-6,3-7)4-8/h5-8H3. The van der Waals surface area contributed by atoms with E-state index in [1.165, 1.54) is 0 Å². The molecule has 3 nitrogen and oxygen atoms in total. The van der Waals surface area contributed by atoms with E-state index in [1.807, 2.05) is 0 Å². The highest BCUT2D eigenvalue weighted by molar-refractivity contribution is 6.18. The zero-order chi connectivity index (χ0) is 6.62. The van der Waals surface area contributed by atoms with Crippen LogP contribution in [0.4, 0.5) is 0 Å². The molecule has 50 valence electrons. The lowest BCUT2D eigenvalue weighted by Gasteiger charge is -2.26. The minimum atomic E-state index is -0.551. The number of hydrogen-bond acceptors (Lipinski definition) is 3. The summed E-state index contributed by atoms with van der Waals surface area (Å²) < 4.78 is 15.2. The highest BCUT2D eigenvalue weighted by atomic mass is 28.2. The summed E-state index contributed by atoms with van der Waals surface area (Å²) in [6.07, 6.45) is 0. The van der Waals surface area contributed by atoms with E-state index in [4.69, 9.17) is 13.3 Å². The largest absolute Gasteiger partial charge is 0.386 e. The Labute approximate surface area is 61.1 Å². The van der Waals surface area contributed by atoms with Gasteiger partial charge >= 0.3 is 0 Å². The smallest absolute Gasteiger partial charge is 0.215 e. The van der Waals surface area contributed by atoms with Crippen LogP contribution >= 0.6 is 0 Å². The van der Waals surface area contributed by atoms with Crippen LogP contribution in [0, 0.1) is 0 Å². The molecule has 0 aliphatic rings. The molecule has 0 aliphatic heterocycles. The third-order valence-electron chi connectivity index (χ3n) is 1.11. The molecule has 7 heteroatoms. The Balaban J connectivity index is 3.58. The van der Waals surface area contributed by atoms with Crippen LogP contribution in [0.3, 0.4) is 0 Å². The van der Waals surface area contributed by atoms with Crippen LogP contribution in [0.2, 0.25) is 0 Å². The summed E-state index contributed by atoms with van der Waals surface area (Å²) in [6.45, 7) is 0. The van der Waals surface area contributed by atoms with Gasteiger partial charge in [0.1, 0.15) is 10.2 Å². The minimum absolute atomic E-state index is 0.551. The van der Waals surface area contributed by atoms with Crippen LogP contribution in [0.25, 0.3) is 0 Å². The molecule has 0 N–H and O–H groups in total. The average Bonchev–Trinajstić information content (AvgIpc) is 1.87. The van der Waals surface area contributed by atoms with E-state index in [1.54, 1.807) is 0 Å². The first-order chi connectivity index (χ1) is 3.68. The van der Waals surface area contributed by atoms with Crippen molar-refractivity contribution in [3.8, 4) is 0 Å². The van der Waals surface area contributed by atoms with E-state index < -0.39 is 5.60 Å². The van der Waals surface area contributed by atoms with Crippen LogP contribution in [0.5, 0.6) is 0 Å². The fraction of sp³-hybridized carbons (Fsp3) is 1.00. The van der Waals surface area contributed by atoms with Crippen molar-refractivity contribution < 1.29 is 13.3 Å². The summed E-state index contributed by atoms with van der Waals surface area (Å²) in [5, 5.41) is 0. The lowest BCUT2D eigenvalue weighted by molar-refractivity contribution is -0.177. The van der Waals surface area contributed by atoms with Gasteiger partial charge in [0, 0.05) is 0 Å². The maximum Gasteiger partial charge on any atom is 0.215 e. The zero-order valence-corrected chi connectivity index (χ0v) is 13.7. The predicted molar refractivity (Wildman–Crippen MR) is 45.7 cm³/mol. The molecule has 0 saturated heterocycles. The molecule has 0 saturated carbocycles. The number of rotatable bonds is 3. The molecule has 0 unspecified atom stereocenters. The minimum Gasteiger partial charge on any atom is -0.386 e. The van der Waals surface area contributed by atoms with Gasteiger partial charge in [0.05, 0.1) is 0 Å². The second-order valence-electron chi connectivity index (χ2n) is 1.47. The molecule has 0 aromatic rings. The van der Waals surface area contributed by atoms with Gasteiger partial charge in [0.15, 0.2) is 31.5 Å². The van der Waals surface area contributed by atoms with Crippen molar-refractivity contribution in [3.05, 3.63) is 0 Å². The van der Waals surface area contributed by atoms with Gasteiger partial charge in [-0.1, -0.05) is 0 Å². The summed E-state index contributed by atoms with van der Waals surface area (Å²) in [5.74, 6) is 0. The lowest BCUT2D eigenvalue weighted by atomic mass is 11.3. The topological polar surface area (TPSA) is 27.7 Å². The predicted octanol–water partition coefficient (Wildman–Crippen LogP) is -5.15. The van der Waals surface area contributed by atoms with E-state index in [0.29, 0.717) is 31.5 Å². The molecule has 0 spiro atoms. The van der Waals surface area contributed by atoms with Gasteiger partial charge in [0.2, 0.25) is 5.60 Å². The lowest BCUT2D eigenvalue weighted by Crippen LogP contribution is -2.37. The summed E-state index contributed by atoms with van der Waals surface area (Å²) >= 11 is 0. The van der Waals surface area contributed by atoms with Crippen molar-refractivity contribution in [2.75, 3.05) is 0 Å². The fourth-order valence-electron chi connectivity index (χ4n) is 0.250. The van der Waals surface area contributed by atoms with Gasteiger partial charge in [-0.3, -0.25) is 0 Å². The van der Waals surface area contributed by atoms with E-state index in [9.17, 15) is 0 Å². The van der Waals surface area contributed by atoms with E-state index in [-0.39, 0.29) is 0 Å². The van der Waals surface area contributed by atoms with Crippen LogP contribution in [-0.4, -0.2) is 47.3 Å². The summed E-state index contributed by atoms with van der Waals surface area (Å²) in [5.41, 5.74) is -0.551.